The standard InChI is InChI=1S/C14H20FNO2S2/c1-11(2)20(17,18)16-8-7-14(19-10-9-16)12-5-3-4-6-13(12)15/h3-6,11,14H,7-10H2,1-2H3. The molecule has 0 N–H and O–H groups in total. The van der Waals surface area contributed by atoms with Crippen LogP contribution >= 0.6 is 11.8 Å². The molecule has 20 heavy (non-hydrogen) atoms. The Kier molecular flexibility index (Phi) is 5.09. The first-order valence-electron chi connectivity index (χ1n) is 6.78. The Morgan fingerprint density at radius 2 is 2.00 bits per heavy atom. The predicted molar refractivity (Wildman–Crippen MR) is 81.8 cm³/mol. The fraction of sp³-hybridized carbons (Fsp3) is 0.571. The summed E-state index contributed by atoms with van der Waals surface area (Å²) >= 11 is 1.64. The van der Waals surface area contributed by atoms with E-state index in [0.717, 1.165) is 0 Å². The van der Waals surface area contributed by atoms with Gasteiger partial charge in [0.1, 0.15) is 5.82 Å². The van der Waals surface area contributed by atoms with Crippen molar-refractivity contribution in [3.05, 3.63) is 35.6 Å². The van der Waals surface area contributed by atoms with E-state index in [0.29, 0.717) is 30.8 Å². The molecule has 0 spiro atoms. The van der Waals surface area contributed by atoms with Gasteiger partial charge in [-0.1, -0.05) is 18.2 Å². The van der Waals surface area contributed by atoms with Crippen LogP contribution in [0, 0.1) is 5.82 Å². The van der Waals surface area contributed by atoms with Gasteiger partial charge in [0.25, 0.3) is 0 Å². The molecule has 2 rings (SSSR count). The Balaban J connectivity index is 2.12. The third kappa shape index (κ3) is 3.35. The van der Waals surface area contributed by atoms with E-state index in [9.17, 15) is 12.8 Å². The SMILES string of the molecule is CC(C)S(=O)(=O)N1CCSC(c2ccccc2F)CC1. The van der Waals surface area contributed by atoms with Crippen molar-refractivity contribution in [1.29, 1.82) is 0 Å². The Morgan fingerprint density at radius 3 is 2.65 bits per heavy atom. The molecule has 112 valence electrons. The maximum atomic E-state index is 13.8. The summed E-state index contributed by atoms with van der Waals surface area (Å²) in [6.07, 6.45) is 0.650. The highest BCUT2D eigenvalue weighted by Gasteiger charge is 2.29. The Morgan fingerprint density at radius 1 is 1.30 bits per heavy atom. The Labute approximate surface area is 124 Å². The topological polar surface area (TPSA) is 37.4 Å². The number of thioether (sulfide) groups is 1. The van der Waals surface area contributed by atoms with Crippen LogP contribution in [0.4, 0.5) is 4.39 Å². The molecule has 1 aromatic carbocycles. The fourth-order valence-electron chi connectivity index (χ4n) is 2.29. The second-order valence-electron chi connectivity index (χ2n) is 5.16. The maximum Gasteiger partial charge on any atom is 0.216 e. The lowest BCUT2D eigenvalue weighted by Gasteiger charge is -2.22. The van der Waals surface area contributed by atoms with Gasteiger partial charge in [0.15, 0.2) is 0 Å². The third-order valence-corrected chi connectivity index (χ3v) is 7.09. The molecule has 1 fully saturated rings. The quantitative estimate of drug-likeness (QED) is 0.860. The van der Waals surface area contributed by atoms with E-state index in [-0.39, 0.29) is 11.1 Å². The van der Waals surface area contributed by atoms with Gasteiger partial charge in [-0.2, -0.15) is 11.8 Å². The van der Waals surface area contributed by atoms with Gasteiger partial charge in [0, 0.05) is 29.7 Å². The van der Waals surface area contributed by atoms with Gasteiger partial charge in [-0.05, 0) is 26.3 Å². The van der Waals surface area contributed by atoms with Crippen LogP contribution in [0.15, 0.2) is 24.3 Å². The average molecular weight is 317 g/mol. The smallest absolute Gasteiger partial charge is 0.212 e. The summed E-state index contributed by atoms with van der Waals surface area (Å²) in [5.74, 6) is 0.496. The van der Waals surface area contributed by atoms with Crippen molar-refractivity contribution in [2.45, 2.75) is 30.8 Å². The van der Waals surface area contributed by atoms with E-state index < -0.39 is 15.3 Å². The molecule has 0 bridgehead atoms. The van der Waals surface area contributed by atoms with Crippen LogP contribution in [0.2, 0.25) is 0 Å². The largest absolute Gasteiger partial charge is 0.216 e. The molecule has 1 saturated heterocycles. The van der Waals surface area contributed by atoms with Crippen molar-refractivity contribution in [2.24, 2.45) is 0 Å². The van der Waals surface area contributed by atoms with Gasteiger partial charge >= 0.3 is 0 Å². The minimum absolute atomic E-state index is 0.0311. The van der Waals surface area contributed by atoms with Crippen LogP contribution in [0.5, 0.6) is 0 Å². The van der Waals surface area contributed by atoms with Crippen LogP contribution in [0.3, 0.4) is 0 Å². The summed E-state index contributed by atoms with van der Waals surface area (Å²) in [7, 11) is -3.21. The van der Waals surface area contributed by atoms with E-state index in [1.807, 2.05) is 6.07 Å². The van der Waals surface area contributed by atoms with E-state index >= 15 is 0 Å². The summed E-state index contributed by atoms with van der Waals surface area (Å²) in [4.78, 5) is 0. The van der Waals surface area contributed by atoms with Gasteiger partial charge in [0.2, 0.25) is 10.0 Å². The van der Waals surface area contributed by atoms with Crippen LogP contribution in [-0.2, 0) is 10.0 Å². The number of benzene rings is 1. The van der Waals surface area contributed by atoms with Gasteiger partial charge in [-0.25, -0.2) is 17.1 Å². The number of hydrogen-bond acceptors (Lipinski definition) is 3. The summed E-state index contributed by atoms with van der Waals surface area (Å²) in [5, 5.41) is -0.374. The molecule has 1 aromatic rings. The molecule has 0 amide bonds. The highest BCUT2D eigenvalue weighted by molar-refractivity contribution is 7.99. The predicted octanol–water partition coefficient (Wildman–Crippen LogP) is 3.04. The summed E-state index contributed by atoms with van der Waals surface area (Å²) < 4.78 is 39.7. The van der Waals surface area contributed by atoms with Gasteiger partial charge < -0.3 is 0 Å². The molecular weight excluding hydrogens is 297 g/mol. The number of rotatable bonds is 3. The number of halogens is 1. The zero-order valence-electron chi connectivity index (χ0n) is 11.8. The number of hydrogen-bond donors (Lipinski definition) is 0. The first-order chi connectivity index (χ1) is 9.43. The zero-order chi connectivity index (χ0) is 14.8. The van der Waals surface area contributed by atoms with Crippen LogP contribution in [-0.4, -0.2) is 36.8 Å². The number of sulfonamides is 1. The minimum Gasteiger partial charge on any atom is -0.212 e. The molecule has 1 aliphatic rings. The Hall–Kier alpha value is -0.590. The zero-order valence-corrected chi connectivity index (χ0v) is 13.4. The monoisotopic (exact) mass is 317 g/mol. The van der Waals surface area contributed by atoms with E-state index in [4.69, 9.17) is 0 Å². The minimum atomic E-state index is -3.21. The molecule has 6 heteroatoms. The van der Waals surface area contributed by atoms with Gasteiger partial charge in [-0.15, -0.1) is 0 Å². The first kappa shape index (κ1) is 15.8. The second kappa shape index (κ2) is 6.45. The fourth-order valence-corrected chi connectivity index (χ4v) is 4.96. The van der Waals surface area contributed by atoms with Crippen molar-refractivity contribution in [2.75, 3.05) is 18.8 Å². The average Bonchev–Trinajstić information content (AvgIpc) is 2.65. The first-order valence-corrected chi connectivity index (χ1v) is 9.33. The van der Waals surface area contributed by atoms with Crippen molar-refractivity contribution >= 4 is 21.8 Å². The molecule has 0 saturated carbocycles. The van der Waals surface area contributed by atoms with E-state index in [1.165, 1.54) is 6.07 Å². The van der Waals surface area contributed by atoms with Gasteiger partial charge in [0.05, 0.1) is 5.25 Å². The highest BCUT2D eigenvalue weighted by Crippen LogP contribution is 2.36. The molecule has 0 radical (unpaired) electrons. The molecule has 1 aliphatic heterocycles. The molecular formula is C14H20FNO2S2. The van der Waals surface area contributed by atoms with Crippen molar-refractivity contribution in [3.63, 3.8) is 0 Å². The molecule has 1 unspecified atom stereocenters. The molecule has 3 nitrogen and oxygen atoms in total. The highest BCUT2D eigenvalue weighted by atomic mass is 32.2. The number of nitrogens with zero attached hydrogens (tertiary/aromatic N) is 1. The van der Waals surface area contributed by atoms with Crippen LogP contribution < -0.4 is 0 Å². The summed E-state index contributed by atoms with van der Waals surface area (Å²) in [6.45, 7) is 4.37. The van der Waals surface area contributed by atoms with E-state index in [2.05, 4.69) is 0 Å². The van der Waals surface area contributed by atoms with Crippen LogP contribution in [0.25, 0.3) is 0 Å². The molecule has 1 heterocycles. The maximum absolute atomic E-state index is 13.8. The molecule has 0 aromatic heterocycles. The lowest BCUT2D eigenvalue weighted by atomic mass is 10.1. The lowest BCUT2D eigenvalue weighted by Crippen LogP contribution is -2.37. The van der Waals surface area contributed by atoms with Crippen molar-refractivity contribution in [3.8, 4) is 0 Å². The third-order valence-electron chi connectivity index (χ3n) is 3.51. The lowest BCUT2D eigenvalue weighted by molar-refractivity contribution is 0.421. The molecule has 1 atom stereocenters. The molecule has 0 aliphatic carbocycles. The van der Waals surface area contributed by atoms with Gasteiger partial charge in [-0.3, -0.25) is 0 Å². The van der Waals surface area contributed by atoms with Crippen molar-refractivity contribution < 1.29 is 12.8 Å². The Bertz CT molecular complexity index is 560. The van der Waals surface area contributed by atoms with E-state index in [1.54, 1.807) is 42.0 Å². The van der Waals surface area contributed by atoms with Crippen LogP contribution in [0.1, 0.15) is 31.1 Å². The summed E-state index contributed by atoms with van der Waals surface area (Å²) in [5.41, 5.74) is 0.682. The van der Waals surface area contributed by atoms with Crippen molar-refractivity contribution in [1.82, 2.24) is 4.31 Å². The second-order valence-corrected chi connectivity index (χ2v) is 8.96. The summed E-state index contributed by atoms with van der Waals surface area (Å²) in [6, 6.07) is 6.76. The normalized spacial score (nSPS) is 21.9.